The van der Waals surface area contributed by atoms with E-state index in [-0.39, 0.29) is 31.5 Å². The van der Waals surface area contributed by atoms with Crippen molar-refractivity contribution in [2.24, 2.45) is 11.8 Å². The number of rotatable bonds is 23. The lowest BCUT2D eigenvalue weighted by Gasteiger charge is -2.40. The number of unbranched alkanes of at least 4 members (excludes halogenated alkanes) is 5. The summed E-state index contributed by atoms with van der Waals surface area (Å²) in [6.07, 6.45) is 24.8. The monoisotopic (exact) mass is 1130 g/mol. The van der Waals surface area contributed by atoms with Crippen LogP contribution in [0.4, 0.5) is 5.82 Å². The summed E-state index contributed by atoms with van der Waals surface area (Å²) in [6, 6.07) is 1.24. The maximum absolute atomic E-state index is 13.4. The first-order chi connectivity index (χ1) is 36.9. The van der Waals surface area contributed by atoms with E-state index in [2.05, 4.69) is 77.0 Å². The Hall–Kier alpha value is -4.18. The van der Waals surface area contributed by atoms with Crippen LogP contribution in [0.3, 0.4) is 0 Å². The number of phosphoric ester groups is 2. The molecule has 2 bridgehead atoms. The van der Waals surface area contributed by atoms with E-state index in [4.69, 9.17) is 29.0 Å². The van der Waals surface area contributed by atoms with Crippen molar-refractivity contribution in [3.8, 4) is 0 Å². The summed E-state index contributed by atoms with van der Waals surface area (Å²) >= 11 is 0. The molecule has 2 aliphatic rings. The first-order valence-electron chi connectivity index (χ1n) is 26.9. The van der Waals surface area contributed by atoms with Crippen LogP contribution in [-0.2, 0) is 46.3 Å². The molecule has 3 rings (SSSR count). The third-order valence-corrected chi connectivity index (χ3v) is 15.1. The SMILES string of the molecule is CC/C=C\C/C=C\C/C=C\C/C=C\C/C=C\CCCCCC(=O)O[C@@H]1COC(=O)CCC/C=C\C[C@@H]2[C@H](n3ccc(N)nc3=O)O[C@H](COP(=O)(O)OP(=O)(O)OC1)[C@@H](O)[C@@H](O)[C@@H](/C=C/[C@@H](O)CCCCC)[C@H](O)C[C@@H]2O. The van der Waals surface area contributed by atoms with Gasteiger partial charge in [0.15, 0.2) is 6.10 Å². The van der Waals surface area contributed by atoms with E-state index in [1.807, 2.05) is 6.92 Å². The van der Waals surface area contributed by atoms with Gasteiger partial charge >= 0.3 is 33.3 Å². The molecular weight excluding hydrogens is 1040 g/mol. The van der Waals surface area contributed by atoms with Crippen LogP contribution < -0.4 is 11.4 Å². The Morgan fingerprint density at radius 3 is 2.13 bits per heavy atom. The molecule has 77 heavy (non-hydrogen) atoms. The Morgan fingerprint density at radius 1 is 0.831 bits per heavy atom. The number of aromatic nitrogens is 2. The minimum absolute atomic E-state index is 0.0432. The lowest BCUT2D eigenvalue weighted by Crippen LogP contribution is -2.52. The van der Waals surface area contributed by atoms with Gasteiger partial charge in [0.2, 0.25) is 0 Å². The maximum atomic E-state index is 13.4. The first kappa shape index (κ1) is 67.1. The van der Waals surface area contributed by atoms with Crippen molar-refractivity contribution in [1.82, 2.24) is 9.55 Å². The molecule has 0 aliphatic carbocycles. The maximum Gasteiger partial charge on any atom is 0.481 e. The van der Waals surface area contributed by atoms with Gasteiger partial charge in [0.05, 0.1) is 37.6 Å². The van der Waals surface area contributed by atoms with Crippen molar-refractivity contribution < 1.29 is 81.6 Å². The quantitative estimate of drug-likeness (QED) is 0.0224. The third kappa shape index (κ3) is 28.0. The van der Waals surface area contributed by atoms with E-state index in [0.29, 0.717) is 32.1 Å². The molecule has 0 aromatic carbocycles. The van der Waals surface area contributed by atoms with E-state index in [9.17, 15) is 58.8 Å². The fourth-order valence-electron chi connectivity index (χ4n) is 8.26. The van der Waals surface area contributed by atoms with Gasteiger partial charge in [-0.1, -0.05) is 125 Å². The highest BCUT2D eigenvalue weighted by molar-refractivity contribution is 7.61. The molecule has 23 heteroatoms. The van der Waals surface area contributed by atoms with E-state index in [0.717, 1.165) is 62.4 Å². The molecule has 0 spiro atoms. The largest absolute Gasteiger partial charge is 0.481 e. The molecule has 1 aromatic heterocycles. The van der Waals surface area contributed by atoms with Crippen molar-refractivity contribution in [3.63, 3.8) is 0 Å². The number of phosphoric acid groups is 2. The molecule has 12 atom stereocenters. The predicted octanol–water partition coefficient (Wildman–Crippen LogP) is 7.82. The van der Waals surface area contributed by atoms with Gasteiger partial charge in [-0.2, -0.15) is 9.29 Å². The average Bonchev–Trinajstić information content (AvgIpc) is 3.37. The number of ether oxygens (including phenoxy) is 3. The summed E-state index contributed by atoms with van der Waals surface area (Å²) in [5.74, 6) is -4.22. The topological polar surface area (TPSA) is 326 Å². The highest BCUT2D eigenvalue weighted by Crippen LogP contribution is 2.60. The van der Waals surface area contributed by atoms with Crippen LogP contribution in [-0.4, -0.2) is 119 Å². The standard InChI is InChI=1S/C54H85N3O18P2/c1-3-5-7-8-9-10-11-12-13-14-15-16-17-18-19-20-21-22-28-32-50(62)73-42-38-70-49(61)31-27-24-23-26-30-44-46(60)37-45(59)43(34-33-41(58)29-25-6-4-2)51(63)52(64)47(40-72-77(68,69)75-76(66,67)71-39-42)74-53(44)57-36-35-48(55)56-54(57)65/h5,7,9-10,12-13,15-16,18-19,23,26,33-36,41-47,51-53,58-60,63-64H,3-4,6,8,11,14,17,20-22,24-25,27-32,37-40H2,1-2H3,(H,66,67)(H,68,69)(H2,55,56,65)/b7-5-,10-9-,13-12-,16-15-,19-18-,26-23-,34-33+/t41-,42+,43-,44-,45+,46-,47+,51-,52+,53+/m0/s1. The van der Waals surface area contributed by atoms with Crippen molar-refractivity contribution in [1.29, 1.82) is 0 Å². The van der Waals surface area contributed by atoms with Gasteiger partial charge in [0.1, 0.15) is 30.9 Å². The van der Waals surface area contributed by atoms with Crippen LogP contribution in [0.15, 0.2) is 102 Å². The van der Waals surface area contributed by atoms with Crippen molar-refractivity contribution in [3.05, 3.63) is 108 Å². The summed E-state index contributed by atoms with van der Waals surface area (Å²) in [7, 11) is -11.3. The zero-order valence-electron chi connectivity index (χ0n) is 44.6. The average molecular weight is 1130 g/mol. The van der Waals surface area contributed by atoms with Gasteiger partial charge in [-0.3, -0.25) is 23.2 Å². The molecule has 1 saturated heterocycles. The van der Waals surface area contributed by atoms with Gasteiger partial charge in [-0.25, -0.2) is 13.9 Å². The molecule has 2 unspecified atom stereocenters. The van der Waals surface area contributed by atoms with Crippen LogP contribution in [0.2, 0.25) is 0 Å². The molecule has 1 fully saturated rings. The summed E-state index contributed by atoms with van der Waals surface area (Å²) in [5.41, 5.74) is 4.78. The predicted molar refractivity (Wildman–Crippen MR) is 290 cm³/mol. The lowest BCUT2D eigenvalue weighted by molar-refractivity contribution is -0.194. The van der Waals surface area contributed by atoms with Crippen LogP contribution in [0.5, 0.6) is 0 Å². The number of nitrogens with two attached hydrogens (primary N) is 1. The second-order valence-corrected chi connectivity index (χ2v) is 22.0. The number of hydrogen-bond acceptors (Lipinski definition) is 18. The fourth-order valence-corrected chi connectivity index (χ4v) is 10.4. The highest BCUT2D eigenvalue weighted by Gasteiger charge is 2.45. The second-order valence-electron chi connectivity index (χ2n) is 19.0. The molecule has 0 saturated carbocycles. The smallest absolute Gasteiger partial charge is 0.462 e. The number of anilines is 1. The Morgan fingerprint density at radius 2 is 1.48 bits per heavy atom. The van der Waals surface area contributed by atoms with Crippen LogP contribution in [0.1, 0.15) is 142 Å². The Kier molecular flexibility index (Phi) is 32.8. The second kappa shape index (κ2) is 37.6. The first-order valence-corrected chi connectivity index (χ1v) is 29.8. The van der Waals surface area contributed by atoms with E-state index in [1.165, 1.54) is 24.4 Å². The van der Waals surface area contributed by atoms with Gasteiger partial charge in [-0.05, 0) is 83.1 Å². The third-order valence-electron chi connectivity index (χ3n) is 12.5. The van der Waals surface area contributed by atoms with Crippen molar-refractivity contribution in [2.75, 3.05) is 25.6 Å². The lowest BCUT2D eigenvalue weighted by atomic mass is 9.82. The van der Waals surface area contributed by atoms with Gasteiger partial charge in [0, 0.05) is 37.3 Å². The van der Waals surface area contributed by atoms with Crippen LogP contribution in [0, 0.1) is 11.8 Å². The molecule has 1 aromatic rings. The van der Waals surface area contributed by atoms with Crippen LogP contribution in [0.25, 0.3) is 0 Å². The molecule has 0 amide bonds. The summed E-state index contributed by atoms with van der Waals surface area (Å²) in [4.78, 5) is 64.3. The summed E-state index contributed by atoms with van der Waals surface area (Å²) < 4.78 is 59.1. The normalized spacial score (nSPS) is 30.1. The molecule has 0 radical (unpaired) electrons. The van der Waals surface area contributed by atoms with Gasteiger partial charge < -0.3 is 55.3 Å². The highest BCUT2D eigenvalue weighted by atomic mass is 31.3. The van der Waals surface area contributed by atoms with Crippen molar-refractivity contribution in [2.45, 2.75) is 185 Å². The van der Waals surface area contributed by atoms with E-state index < -0.39 is 120 Å². The molecule has 3 heterocycles. The van der Waals surface area contributed by atoms with E-state index >= 15 is 0 Å². The van der Waals surface area contributed by atoms with Crippen molar-refractivity contribution >= 4 is 33.4 Å². The zero-order chi connectivity index (χ0) is 56.5. The Balaban J connectivity index is 1.75. The number of cyclic esters (lactones) is 1. The Bertz CT molecular complexity index is 2250. The molecule has 434 valence electrons. The van der Waals surface area contributed by atoms with Crippen LogP contribution >= 0.6 is 15.6 Å². The minimum Gasteiger partial charge on any atom is -0.462 e. The van der Waals surface area contributed by atoms with Gasteiger partial charge in [-0.15, -0.1) is 0 Å². The number of esters is 2. The molecule has 21 nitrogen and oxygen atoms in total. The molecule has 2 aliphatic heterocycles. The fraction of sp³-hybridized carbons (Fsp3) is 0.630. The number of aliphatic hydroxyl groups excluding tert-OH is 5. The van der Waals surface area contributed by atoms with E-state index in [1.54, 1.807) is 12.2 Å². The number of allylic oxidation sites excluding steroid dienone is 12. The number of hydrogen-bond donors (Lipinski definition) is 8. The zero-order valence-corrected chi connectivity index (χ0v) is 46.3. The minimum atomic E-state index is -5.72. The molecular formula is C54H85N3O18P2. The summed E-state index contributed by atoms with van der Waals surface area (Å²) in [6.45, 7) is 1.33. The number of carbonyl (C=O) groups is 2. The Labute approximate surface area is 453 Å². The number of carbonyl (C=O) groups excluding carboxylic acids is 2. The van der Waals surface area contributed by atoms with Gasteiger partial charge in [0.25, 0.3) is 0 Å². The number of fused-ring (bicyclic) bond motifs is 3. The number of aliphatic hydroxyl groups is 5. The number of nitrogens with zero attached hydrogens (tertiary/aromatic N) is 2. The number of nitrogen functional groups attached to an aromatic ring is 1. The molecule has 9 N–H and O–H groups in total. The summed E-state index contributed by atoms with van der Waals surface area (Å²) in [5, 5.41) is 57.5.